The molecule has 6 aromatic carbocycles. The van der Waals surface area contributed by atoms with Crippen LogP contribution in [0.4, 0.5) is 11.4 Å². The standard InChI is InChI=1S/C57H56N2O4/c58-53-49(55-27-33-17-34(28-55)19-35(18-33)29-55)23-43(25-51(53)60)62-41-13-9-39(10-14-41)57(47-7-3-1-5-45(47)46-6-2-4-8-48(46)57)40-11-15-42(16-12-40)63-44-24-50(54(59)52(61)26-44)56-30-36-20-37(31-56)22-38(21-36)32-56/h1-16,23-26,33-38,60-61H,17-22,27-32,58-59H2. The van der Waals surface area contributed by atoms with Gasteiger partial charge in [0.2, 0.25) is 0 Å². The lowest BCUT2D eigenvalue weighted by Gasteiger charge is -2.57. The number of nitrogens with two attached hydrogens (primary N) is 2. The van der Waals surface area contributed by atoms with Crippen molar-refractivity contribution in [3.05, 3.63) is 155 Å². The Labute approximate surface area is 370 Å². The van der Waals surface area contributed by atoms with Crippen LogP contribution in [0.25, 0.3) is 11.1 Å². The fraction of sp³-hybridized carbons (Fsp3) is 0.368. The van der Waals surface area contributed by atoms with Gasteiger partial charge < -0.3 is 31.2 Å². The Morgan fingerprint density at radius 2 is 0.730 bits per heavy atom. The number of anilines is 2. The third-order valence-corrected chi connectivity index (χ3v) is 17.5. The zero-order valence-electron chi connectivity index (χ0n) is 35.9. The summed E-state index contributed by atoms with van der Waals surface area (Å²) in [5, 5.41) is 22.4. The Balaban J connectivity index is 0.843. The largest absolute Gasteiger partial charge is 0.506 e. The van der Waals surface area contributed by atoms with Crippen LogP contribution in [-0.4, -0.2) is 10.2 Å². The van der Waals surface area contributed by atoms with Gasteiger partial charge in [-0.2, -0.15) is 0 Å². The minimum Gasteiger partial charge on any atom is -0.506 e. The summed E-state index contributed by atoms with van der Waals surface area (Å²) >= 11 is 0. The van der Waals surface area contributed by atoms with Gasteiger partial charge in [0.05, 0.1) is 16.8 Å². The van der Waals surface area contributed by atoms with E-state index in [1.165, 1.54) is 60.8 Å². The number of aromatic hydroxyl groups is 2. The Morgan fingerprint density at radius 1 is 0.397 bits per heavy atom. The van der Waals surface area contributed by atoms with Crippen LogP contribution in [0, 0.1) is 35.5 Å². The first-order chi connectivity index (χ1) is 30.6. The maximum atomic E-state index is 11.2. The van der Waals surface area contributed by atoms with Gasteiger partial charge in [-0.15, -0.1) is 0 Å². The molecule has 15 rings (SSSR count). The fourth-order valence-corrected chi connectivity index (χ4v) is 15.9. The number of hydrogen-bond acceptors (Lipinski definition) is 6. The number of phenols is 2. The van der Waals surface area contributed by atoms with Crippen LogP contribution in [0.5, 0.6) is 34.5 Å². The highest BCUT2D eigenvalue weighted by atomic mass is 16.5. The summed E-state index contributed by atoms with van der Waals surface area (Å²) < 4.78 is 13.2. The minimum absolute atomic E-state index is 0.0314. The topological polar surface area (TPSA) is 111 Å². The molecule has 318 valence electrons. The summed E-state index contributed by atoms with van der Waals surface area (Å²) in [5.41, 5.74) is 23.2. The second-order valence-electron chi connectivity index (χ2n) is 21.3. The predicted octanol–water partition coefficient (Wildman–Crippen LogP) is 13.1. The average Bonchev–Trinajstić information content (AvgIpc) is 3.57. The molecule has 6 nitrogen and oxygen atoms in total. The lowest BCUT2D eigenvalue weighted by atomic mass is 9.48. The third kappa shape index (κ3) is 5.68. The summed E-state index contributed by atoms with van der Waals surface area (Å²) in [5.74, 6) is 7.46. The van der Waals surface area contributed by atoms with Crippen LogP contribution in [0.2, 0.25) is 0 Å². The van der Waals surface area contributed by atoms with E-state index >= 15 is 0 Å². The van der Waals surface area contributed by atoms with Crippen molar-refractivity contribution in [2.45, 2.75) is 93.3 Å². The van der Waals surface area contributed by atoms with E-state index in [-0.39, 0.29) is 22.3 Å². The molecule has 0 aromatic heterocycles. The summed E-state index contributed by atoms with van der Waals surface area (Å²) in [4.78, 5) is 0. The molecule has 9 aliphatic rings. The first-order valence-electron chi connectivity index (χ1n) is 23.7. The summed E-state index contributed by atoms with van der Waals surface area (Å²) in [6, 6.07) is 42.1. The van der Waals surface area contributed by atoms with Crippen molar-refractivity contribution in [1.29, 1.82) is 0 Å². The van der Waals surface area contributed by atoms with Gasteiger partial charge in [-0.3, -0.25) is 0 Å². The SMILES string of the molecule is Nc1c(O)cc(Oc2ccc(C3(c4ccc(Oc5cc(O)c(N)c(C67CC8CC(CC(C8)C6)C7)c5)cc4)c4ccccc4-c4ccccc43)cc2)cc1C12CC3CC(CC(C3)C1)C2. The number of benzene rings is 6. The van der Waals surface area contributed by atoms with E-state index in [4.69, 9.17) is 20.9 Å². The molecule has 0 saturated heterocycles. The summed E-state index contributed by atoms with van der Waals surface area (Å²) in [6.07, 6.45) is 15.0. The molecule has 63 heavy (non-hydrogen) atoms. The Bertz CT molecular complexity index is 2540. The summed E-state index contributed by atoms with van der Waals surface area (Å²) in [6.45, 7) is 0. The van der Waals surface area contributed by atoms with E-state index in [1.807, 2.05) is 0 Å². The van der Waals surface area contributed by atoms with Gasteiger partial charge in [-0.1, -0.05) is 72.8 Å². The fourth-order valence-electron chi connectivity index (χ4n) is 15.9. The van der Waals surface area contributed by atoms with Crippen molar-refractivity contribution in [2.24, 2.45) is 35.5 Å². The van der Waals surface area contributed by atoms with E-state index in [9.17, 15) is 10.2 Å². The molecule has 8 fully saturated rings. The lowest BCUT2D eigenvalue weighted by Crippen LogP contribution is -2.48. The highest BCUT2D eigenvalue weighted by Crippen LogP contribution is 2.64. The van der Waals surface area contributed by atoms with Crippen LogP contribution in [-0.2, 0) is 16.2 Å². The molecule has 6 N–H and O–H groups in total. The quantitative estimate of drug-likeness (QED) is 0.0896. The molecule has 6 aromatic rings. The van der Waals surface area contributed by atoms with Crippen LogP contribution in [0.3, 0.4) is 0 Å². The van der Waals surface area contributed by atoms with Crippen molar-refractivity contribution in [1.82, 2.24) is 0 Å². The number of phenolic OH excluding ortho intramolecular Hbond substituents is 2. The average molecular weight is 833 g/mol. The van der Waals surface area contributed by atoms with Crippen LogP contribution in [0.15, 0.2) is 121 Å². The smallest absolute Gasteiger partial charge is 0.142 e. The third-order valence-electron chi connectivity index (χ3n) is 17.5. The molecule has 6 heteroatoms. The highest BCUT2D eigenvalue weighted by Gasteiger charge is 2.54. The van der Waals surface area contributed by atoms with Crippen molar-refractivity contribution < 1.29 is 19.7 Å². The van der Waals surface area contributed by atoms with Gasteiger partial charge in [0, 0.05) is 12.1 Å². The molecule has 0 amide bonds. The minimum atomic E-state index is -0.611. The van der Waals surface area contributed by atoms with Crippen LogP contribution >= 0.6 is 0 Å². The van der Waals surface area contributed by atoms with Crippen molar-refractivity contribution in [2.75, 3.05) is 11.5 Å². The number of ether oxygens (including phenoxy) is 2. The maximum Gasteiger partial charge on any atom is 0.142 e. The maximum absolute atomic E-state index is 11.2. The molecule has 0 heterocycles. The van der Waals surface area contributed by atoms with E-state index < -0.39 is 5.41 Å². The molecule has 0 spiro atoms. The van der Waals surface area contributed by atoms with Gasteiger partial charge in [0.15, 0.2) is 0 Å². The van der Waals surface area contributed by atoms with Crippen molar-refractivity contribution >= 4 is 11.4 Å². The first kappa shape index (κ1) is 37.7. The molecule has 0 atom stereocenters. The van der Waals surface area contributed by atoms with Gasteiger partial charge >= 0.3 is 0 Å². The van der Waals surface area contributed by atoms with Crippen LogP contribution in [0.1, 0.15) is 110 Å². The molecule has 8 saturated carbocycles. The second kappa shape index (κ2) is 13.6. The molecule has 0 radical (unpaired) electrons. The Kier molecular flexibility index (Phi) is 8.11. The predicted molar refractivity (Wildman–Crippen MR) is 249 cm³/mol. The van der Waals surface area contributed by atoms with E-state index in [0.29, 0.717) is 34.4 Å². The van der Waals surface area contributed by atoms with Crippen LogP contribution < -0.4 is 20.9 Å². The van der Waals surface area contributed by atoms with E-state index in [1.54, 1.807) is 12.1 Å². The Morgan fingerprint density at radius 3 is 1.08 bits per heavy atom. The van der Waals surface area contributed by atoms with Gasteiger partial charge in [0.25, 0.3) is 0 Å². The zero-order valence-corrected chi connectivity index (χ0v) is 35.9. The van der Waals surface area contributed by atoms with Crippen molar-refractivity contribution in [3.63, 3.8) is 0 Å². The molecule has 0 unspecified atom stereocenters. The van der Waals surface area contributed by atoms with Gasteiger partial charge in [-0.05, 0) is 204 Å². The Hall–Kier alpha value is -5.88. The molecule has 0 aliphatic heterocycles. The number of fused-ring (bicyclic) bond motifs is 3. The number of hydrogen-bond donors (Lipinski definition) is 4. The lowest BCUT2D eigenvalue weighted by molar-refractivity contribution is -0.00508. The van der Waals surface area contributed by atoms with Gasteiger partial charge in [0.1, 0.15) is 34.5 Å². The highest BCUT2D eigenvalue weighted by molar-refractivity contribution is 5.86. The normalized spacial score (nSPS) is 30.0. The number of nitrogen functional groups attached to an aromatic ring is 2. The first-order valence-corrected chi connectivity index (χ1v) is 23.7. The number of rotatable bonds is 8. The monoisotopic (exact) mass is 832 g/mol. The molecular weight excluding hydrogens is 777 g/mol. The summed E-state index contributed by atoms with van der Waals surface area (Å²) in [7, 11) is 0. The van der Waals surface area contributed by atoms with E-state index in [0.717, 1.165) is 96.3 Å². The van der Waals surface area contributed by atoms with Crippen molar-refractivity contribution in [3.8, 4) is 45.6 Å². The molecular formula is C57H56N2O4. The van der Waals surface area contributed by atoms with E-state index in [2.05, 4.69) is 109 Å². The van der Waals surface area contributed by atoms with Gasteiger partial charge in [-0.25, -0.2) is 0 Å². The second-order valence-corrected chi connectivity index (χ2v) is 21.3. The zero-order chi connectivity index (χ0) is 42.2. The molecule has 8 bridgehead atoms. The molecule has 9 aliphatic carbocycles.